The zero-order chi connectivity index (χ0) is 25.2. The molecule has 0 saturated heterocycles. The largest absolute Gasteiger partial charge is 0.496 e. The minimum absolute atomic E-state index is 0.00500. The van der Waals surface area contributed by atoms with E-state index in [4.69, 9.17) is 22.1 Å². The van der Waals surface area contributed by atoms with Crippen LogP contribution in [0.1, 0.15) is 46.5 Å². The van der Waals surface area contributed by atoms with Gasteiger partial charge in [0, 0.05) is 34.3 Å². The summed E-state index contributed by atoms with van der Waals surface area (Å²) < 4.78 is 6.71. The summed E-state index contributed by atoms with van der Waals surface area (Å²) in [5.41, 5.74) is 10.6. The molecule has 1 amide bonds. The maximum absolute atomic E-state index is 14.0. The maximum atomic E-state index is 14.0. The molecule has 1 fully saturated rings. The summed E-state index contributed by atoms with van der Waals surface area (Å²) in [6, 6.07) is 22.9. The van der Waals surface area contributed by atoms with Crippen LogP contribution in [0.4, 0.5) is 0 Å². The average molecular weight is 519 g/mol. The van der Waals surface area contributed by atoms with Gasteiger partial charge >= 0.3 is 0 Å². The van der Waals surface area contributed by atoms with E-state index in [2.05, 4.69) is 43.3 Å². The number of benzene rings is 3. The van der Waals surface area contributed by atoms with Crippen molar-refractivity contribution in [2.24, 2.45) is 5.73 Å². The lowest BCUT2D eigenvalue weighted by molar-refractivity contribution is 0.0611. The summed E-state index contributed by atoms with van der Waals surface area (Å²) in [5, 5.41) is 1.48. The molecule has 0 spiro atoms. The Morgan fingerprint density at radius 3 is 2.56 bits per heavy atom. The monoisotopic (exact) mass is 518 g/mol. The van der Waals surface area contributed by atoms with Crippen LogP contribution in [0.25, 0.3) is 21.2 Å². The van der Waals surface area contributed by atoms with E-state index < -0.39 is 0 Å². The number of thiophene rings is 1. The quantitative estimate of drug-likeness (QED) is 0.288. The smallest absolute Gasteiger partial charge is 0.266 e. The zero-order valence-electron chi connectivity index (χ0n) is 20.7. The van der Waals surface area contributed by atoms with E-state index >= 15 is 0 Å². The van der Waals surface area contributed by atoms with Crippen molar-refractivity contribution >= 4 is 38.9 Å². The molecule has 0 atom stereocenters. The van der Waals surface area contributed by atoms with E-state index in [-0.39, 0.29) is 18.0 Å². The summed E-state index contributed by atoms with van der Waals surface area (Å²) in [5.74, 6) is 0.813. The number of methoxy groups -OCH3 is 1. The van der Waals surface area contributed by atoms with Crippen LogP contribution in [0.5, 0.6) is 5.75 Å². The van der Waals surface area contributed by atoms with E-state index in [1.165, 1.54) is 16.9 Å². The molecule has 1 heterocycles. The number of hydrogen-bond acceptors (Lipinski definition) is 4. The molecule has 4 aromatic rings. The molecular weight excluding hydrogens is 488 g/mol. The summed E-state index contributed by atoms with van der Waals surface area (Å²) in [6.07, 6.45) is 3.64. The lowest BCUT2D eigenvalue weighted by Crippen LogP contribution is -2.43. The number of halogens is 1. The van der Waals surface area contributed by atoms with Crippen molar-refractivity contribution in [2.45, 2.75) is 51.2 Å². The molecule has 1 aromatic heterocycles. The Kier molecular flexibility index (Phi) is 7.33. The third-order valence-corrected chi connectivity index (χ3v) is 8.78. The van der Waals surface area contributed by atoms with E-state index in [0.29, 0.717) is 16.4 Å². The van der Waals surface area contributed by atoms with Crippen LogP contribution in [0.2, 0.25) is 5.02 Å². The van der Waals surface area contributed by atoms with Gasteiger partial charge in [-0.1, -0.05) is 65.7 Å². The molecule has 36 heavy (non-hydrogen) atoms. The molecule has 1 saturated carbocycles. The topological polar surface area (TPSA) is 55.6 Å². The maximum Gasteiger partial charge on any atom is 0.266 e. The number of nitrogens with zero attached hydrogens (tertiary/aromatic N) is 1. The number of fused-ring (bicyclic) bond motifs is 1. The predicted molar refractivity (Wildman–Crippen MR) is 150 cm³/mol. The Hall–Kier alpha value is -2.86. The standard InChI is InChI=1S/C30H31ClN2O2S/c1-19-6-5-7-21(16-19)25-17-20(10-15-26(25)35-2)18-33(23-13-11-22(32)12-14-23)30(34)29-28(31)24-8-3-4-9-27(24)36-29/h3-10,15-17,22-23H,11-14,18,32H2,1-2H3/t22-,23-. The van der Waals surface area contributed by atoms with Gasteiger partial charge in [0.1, 0.15) is 10.6 Å². The molecule has 4 nitrogen and oxygen atoms in total. The molecule has 1 aliphatic carbocycles. The molecule has 2 N–H and O–H groups in total. The molecule has 0 unspecified atom stereocenters. The second-order valence-corrected chi connectivity index (χ2v) is 11.1. The summed E-state index contributed by atoms with van der Waals surface area (Å²) in [4.78, 5) is 16.7. The highest BCUT2D eigenvalue weighted by molar-refractivity contribution is 7.21. The highest BCUT2D eigenvalue weighted by Crippen LogP contribution is 2.38. The van der Waals surface area contributed by atoms with Gasteiger partial charge in [-0.3, -0.25) is 4.79 Å². The number of carbonyl (C=O) groups excluding carboxylic acids is 1. The van der Waals surface area contributed by atoms with Crippen LogP contribution in [0.15, 0.2) is 66.7 Å². The average Bonchev–Trinajstić information content (AvgIpc) is 3.24. The van der Waals surface area contributed by atoms with Gasteiger partial charge in [-0.25, -0.2) is 0 Å². The van der Waals surface area contributed by atoms with Crippen molar-refractivity contribution < 1.29 is 9.53 Å². The third-order valence-electron chi connectivity index (χ3n) is 7.12. The normalized spacial score (nSPS) is 17.8. The number of rotatable bonds is 6. The van der Waals surface area contributed by atoms with Gasteiger partial charge < -0.3 is 15.4 Å². The fourth-order valence-corrected chi connectivity index (χ4v) is 6.62. The second kappa shape index (κ2) is 10.6. The molecule has 3 aromatic carbocycles. The van der Waals surface area contributed by atoms with Crippen LogP contribution in [-0.4, -0.2) is 30.0 Å². The van der Waals surface area contributed by atoms with Gasteiger partial charge in [0.2, 0.25) is 0 Å². The van der Waals surface area contributed by atoms with Gasteiger partial charge in [-0.05, 0) is 61.9 Å². The van der Waals surface area contributed by atoms with Crippen LogP contribution < -0.4 is 10.5 Å². The molecule has 1 aliphatic rings. The number of hydrogen-bond donors (Lipinski definition) is 1. The molecular formula is C30H31ClN2O2S. The van der Waals surface area contributed by atoms with E-state index in [1.54, 1.807) is 7.11 Å². The summed E-state index contributed by atoms with van der Waals surface area (Å²) in [7, 11) is 1.69. The first-order valence-electron chi connectivity index (χ1n) is 12.4. The first-order valence-corrected chi connectivity index (χ1v) is 13.6. The van der Waals surface area contributed by atoms with E-state index in [1.807, 2.05) is 35.2 Å². The van der Waals surface area contributed by atoms with Gasteiger partial charge in [0.25, 0.3) is 5.91 Å². The Balaban J connectivity index is 1.52. The van der Waals surface area contributed by atoms with Crippen LogP contribution in [0, 0.1) is 6.92 Å². The van der Waals surface area contributed by atoms with Crippen molar-refractivity contribution in [3.05, 3.63) is 87.8 Å². The number of nitrogens with two attached hydrogens (primary N) is 1. The van der Waals surface area contributed by atoms with Crippen LogP contribution in [-0.2, 0) is 6.54 Å². The van der Waals surface area contributed by atoms with Gasteiger partial charge in [0.05, 0.1) is 12.1 Å². The third kappa shape index (κ3) is 5.01. The lowest BCUT2D eigenvalue weighted by Gasteiger charge is -2.36. The minimum Gasteiger partial charge on any atom is -0.496 e. The van der Waals surface area contributed by atoms with Crippen molar-refractivity contribution in [3.63, 3.8) is 0 Å². The molecule has 186 valence electrons. The summed E-state index contributed by atoms with van der Waals surface area (Å²) >= 11 is 8.22. The summed E-state index contributed by atoms with van der Waals surface area (Å²) in [6.45, 7) is 2.59. The van der Waals surface area contributed by atoms with Crippen LogP contribution >= 0.6 is 22.9 Å². The van der Waals surface area contributed by atoms with E-state index in [9.17, 15) is 4.79 Å². The first-order chi connectivity index (χ1) is 17.4. The highest BCUT2D eigenvalue weighted by Gasteiger charge is 2.31. The van der Waals surface area contributed by atoms with Crippen molar-refractivity contribution in [1.82, 2.24) is 4.90 Å². The van der Waals surface area contributed by atoms with Crippen molar-refractivity contribution in [2.75, 3.05) is 7.11 Å². The minimum atomic E-state index is -0.00500. The van der Waals surface area contributed by atoms with Gasteiger partial charge in [0.15, 0.2) is 0 Å². The molecule has 6 heteroatoms. The number of ether oxygens (including phenoxy) is 1. The van der Waals surface area contributed by atoms with Crippen molar-refractivity contribution in [1.29, 1.82) is 0 Å². The van der Waals surface area contributed by atoms with Gasteiger partial charge in [-0.2, -0.15) is 0 Å². The lowest BCUT2D eigenvalue weighted by atomic mass is 9.90. The Morgan fingerprint density at radius 2 is 1.83 bits per heavy atom. The second-order valence-electron chi connectivity index (χ2n) is 9.65. The number of amides is 1. The Labute approximate surface area is 221 Å². The molecule has 5 rings (SSSR count). The van der Waals surface area contributed by atoms with Crippen molar-refractivity contribution in [3.8, 4) is 16.9 Å². The number of aryl methyl sites for hydroxylation is 1. The Morgan fingerprint density at radius 1 is 1.06 bits per heavy atom. The Bertz CT molecular complexity index is 1390. The predicted octanol–water partition coefficient (Wildman–Crippen LogP) is 7.45. The van der Waals surface area contributed by atoms with Gasteiger partial charge in [-0.15, -0.1) is 11.3 Å². The number of carbonyl (C=O) groups is 1. The van der Waals surface area contributed by atoms with E-state index in [0.717, 1.165) is 58.2 Å². The molecule has 0 radical (unpaired) electrons. The molecule has 0 bridgehead atoms. The fourth-order valence-electron chi connectivity index (χ4n) is 5.15. The SMILES string of the molecule is COc1ccc(CN(C(=O)c2sc3ccccc3c2Cl)[C@H]2CC[C@H](N)CC2)cc1-c1cccc(C)c1. The zero-order valence-corrected chi connectivity index (χ0v) is 22.2. The molecule has 0 aliphatic heterocycles. The first kappa shape index (κ1) is 24.8. The van der Waals surface area contributed by atoms with Crippen LogP contribution in [0.3, 0.4) is 0 Å². The fraction of sp³-hybridized carbons (Fsp3) is 0.300. The highest BCUT2D eigenvalue weighted by atomic mass is 35.5.